The van der Waals surface area contributed by atoms with E-state index in [4.69, 9.17) is 0 Å². The van der Waals surface area contributed by atoms with Gasteiger partial charge >= 0.3 is 0 Å². The van der Waals surface area contributed by atoms with Gasteiger partial charge in [-0.05, 0) is 24.3 Å². The molecule has 0 unspecified atom stereocenters. The number of anilines is 2. The third-order valence-electron chi connectivity index (χ3n) is 3.49. The maximum absolute atomic E-state index is 12.7. The number of nitro groups is 2. The van der Waals surface area contributed by atoms with E-state index in [2.05, 4.69) is 10.6 Å². The van der Waals surface area contributed by atoms with Crippen molar-refractivity contribution in [3.8, 4) is 0 Å². The topological polar surface area (TPSA) is 144 Å². The quantitative estimate of drug-likeness (QED) is 0.585. The summed E-state index contributed by atoms with van der Waals surface area (Å²) in [5, 5.41) is 27.4. The molecule has 0 radical (unpaired) electrons. The Bertz CT molecular complexity index is 886. The van der Waals surface area contributed by atoms with Crippen LogP contribution in [-0.4, -0.2) is 32.4 Å². The van der Waals surface area contributed by atoms with Crippen LogP contribution in [0.3, 0.4) is 0 Å². The van der Waals surface area contributed by atoms with Gasteiger partial charge < -0.3 is 10.6 Å². The van der Waals surface area contributed by atoms with Crippen LogP contribution < -0.4 is 10.6 Å². The Morgan fingerprint density at radius 3 is 1.44 bits per heavy atom. The normalized spacial score (nSPS) is 11.0. The van der Waals surface area contributed by atoms with E-state index in [-0.39, 0.29) is 21.2 Å². The van der Waals surface area contributed by atoms with Gasteiger partial charge in [-0.3, -0.25) is 20.2 Å². The number of sulfone groups is 1. The monoisotopic (exact) mass is 366 g/mol. The molecule has 0 aliphatic rings. The summed E-state index contributed by atoms with van der Waals surface area (Å²) in [6, 6.07) is 6.76. The minimum absolute atomic E-state index is 0.153. The van der Waals surface area contributed by atoms with E-state index < -0.39 is 31.1 Å². The molecule has 0 aliphatic carbocycles. The standard InChI is InChI=1S/C14H14N4O6S/c1-15-11-5-3-9(7-13(11)17(19)20)25(23,24)10-4-6-12(16-2)14(8-10)18(21)22/h3-8,15-16H,1-2H3. The summed E-state index contributed by atoms with van der Waals surface area (Å²) < 4.78 is 25.4. The molecular weight excluding hydrogens is 352 g/mol. The molecule has 0 saturated heterocycles. The van der Waals surface area contributed by atoms with Gasteiger partial charge in [-0.2, -0.15) is 0 Å². The highest BCUT2D eigenvalue weighted by atomic mass is 32.2. The van der Waals surface area contributed by atoms with Crippen LogP contribution in [0.2, 0.25) is 0 Å². The molecule has 25 heavy (non-hydrogen) atoms. The van der Waals surface area contributed by atoms with E-state index in [1.165, 1.54) is 38.4 Å². The summed E-state index contributed by atoms with van der Waals surface area (Å²) in [5.41, 5.74) is -0.518. The molecule has 0 aromatic heterocycles. The smallest absolute Gasteiger partial charge is 0.293 e. The Morgan fingerprint density at radius 1 is 0.800 bits per heavy atom. The van der Waals surface area contributed by atoms with Crippen molar-refractivity contribution in [3.63, 3.8) is 0 Å². The number of nitrogens with one attached hydrogen (secondary N) is 2. The predicted octanol–water partition coefficient (Wildman–Crippen LogP) is 2.42. The Morgan fingerprint density at radius 2 is 1.16 bits per heavy atom. The molecule has 0 amide bonds. The van der Waals surface area contributed by atoms with Crippen LogP contribution in [0.25, 0.3) is 0 Å². The number of nitro benzene ring substituents is 2. The highest BCUT2D eigenvalue weighted by Gasteiger charge is 2.25. The number of rotatable bonds is 6. The van der Waals surface area contributed by atoms with Crippen molar-refractivity contribution in [1.82, 2.24) is 0 Å². The van der Waals surface area contributed by atoms with Crippen LogP contribution in [-0.2, 0) is 9.84 Å². The van der Waals surface area contributed by atoms with Gasteiger partial charge in [0.2, 0.25) is 9.84 Å². The summed E-state index contributed by atoms with van der Waals surface area (Å²) in [4.78, 5) is 20.1. The summed E-state index contributed by atoms with van der Waals surface area (Å²) in [7, 11) is -1.23. The summed E-state index contributed by atoms with van der Waals surface area (Å²) >= 11 is 0. The Hall–Kier alpha value is -3.21. The van der Waals surface area contributed by atoms with Gasteiger partial charge in [-0.25, -0.2) is 8.42 Å². The summed E-state index contributed by atoms with van der Waals surface area (Å²) in [6.45, 7) is 0. The van der Waals surface area contributed by atoms with Crippen molar-refractivity contribution in [2.45, 2.75) is 9.79 Å². The van der Waals surface area contributed by atoms with Crippen molar-refractivity contribution in [3.05, 3.63) is 56.6 Å². The van der Waals surface area contributed by atoms with Crippen molar-refractivity contribution in [2.24, 2.45) is 0 Å². The lowest BCUT2D eigenvalue weighted by atomic mass is 10.2. The van der Waals surface area contributed by atoms with E-state index in [0.717, 1.165) is 12.1 Å². The van der Waals surface area contributed by atoms with Crippen molar-refractivity contribution in [1.29, 1.82) is 0 Å². The van der Waals surface area contributed by atoms with Gasteiger partial charge in [0.1, 0.15) is 11.4 Å². The van der Waals surface area contributed by atoms with Crippen LogP contribution in [0.1, 0.15) is 0 Å². The molecule has 0 bridgehead atoms. The molecule has 0 heterocycles. The van der Waals surface area contributed by atoms with E-state index in [0.29, 0.717) is 0 Å². The Kier molecular flexibility index (Phi) is 4.88. The first-order valence-corrected chi connectivity index (χ1v) is 8.38. The van der Waals surface area contributed by atoms with E-state index in [1.807, 2.05) is 0 Å². The molecule has 0 atom stereocenters. The highest BCUT2D eigenvalue weighted by Crippen LogP contribution is 2.33. The van der Waals surface area contributed by atoms with Crippen molar-refractivity contribution >= 4 is 32.6 Å². The first-order valence-electron chi connectivity index (χ1n) is 6.90. The molecule has 2 aromatic rings. The van der Waals surface area contributed by atoms with Gasteiger partial charge in [-0.1, -0.05) is 0 Å². The van der Waals surface area contributed by atoms with Crippen LogP contribution in [0.4, 0.5) is 22.7 Å². The predicted molar refractivity (Wildman–Crippen MR) is 90.7 cm³/mol. The zero-order chi connectivity index (χ0) is 18.8. The molecular formula is C14H14N4O6S. The lowest BCUT2D eigenvalue weighted by molar-refractivity contribution is -0.384. The first kappa shape index (κ1) is 18.1. The third kappa shape index (κ3) is 3.35. The lowest BCUT2D eigenvalue weighted by Gasteiger charge is -2.08. The van der Waals surface area contributed by atoms with Gasteiger partial charge in [0, 0.05) is 26.2 Å². The van der Waals surface area contributed by atoms with Crippen molar-refractivity contribution < 1.29 is 18.3 Å². The van der Waals surface area contributed by atoms with Crippen LogP contribution >= 0.6 is 0 Å². The molecule has 10 nitrogen and oxygen atoms in total. The molecule has 0 aliphatic heterocycles. The maximum Gasteiger partial charge on any atom is 0.293 e. The fourth-order valence-corrected chi connectivity index (χ4v) is 3.52. The van der Waals surface area contributed by atoms with Gasteiger partial charge in [-0.15, -0.1) is 0 Å². The lowest BCUT2D eigenvalue weighted by Crippen LogP contribution is -2.06. The number of benzene rings is 2. The molecule has 2 N–H and O–H groups in total. The molecule has 2 aromatic carbocycles. The average molecular weight is 366 g/mol. The van der Waals surface area contributed by atoms with E-state index in [9.17, 15) is 28.6 Å². The zero-order valence-electron chi connectivity index (χ0n) is 13.2. The largest absolute Gasteiger partial charge is 0.383 e. The second kappa shape index (κ2) is 6.73. The number of nitrogens with zero attached hydrogens (tertiary/aromatic N) is 2. The Labute approximate surface area is 142 Å². The van der Waals surface area contributed by atoms with Gasteiger partial charge in [0.05, 0.1) is 19.6 Å². The number of hydrogen-bond donors (Lipinski definition) is 2. The van der Waals surface area contributed by atoms with E-state index >= 15 is 0 Å². The highest BCUT2D eigenvalue weighted by molar-refractivity contribution is 7.91. The molecule has 11 heteroatoms. The third-order valence-corrected chi connectivity index (χ3v) is 5.24. The Balaban J connectivity index is 2.63. The summed E-state index contributed by atoms with van der Waals surface area (Å²) in [6.07, 6.45) is 0. The zero-order valence-corrected chi connectivity index (χ0v) is 14.0. The molecule has 0 saturated carbocycles. The average Bonchev–Trinajstić information content (AvgIpc) is 2.60. The van der Waals surface area contributed by atoms with Crippen molar-refractivity contribution in [2.75, 3.05) is 24.7 Å². The molecule has 0 spiro atoms. The summed E-state index contributed by atoms with van der Waals surface area (Å²) in [5.74, 6) is 0. The van der Waals surface area contributed by atoms with E-state index in [1.54, 1.807) is 0 Å². The number of hydrogen-bond acceptors (Lipinski definition) is 8. The first-order chi connectivity index (χ1) is 11.7. The maximum atomic E-state index is 12.7. The SMILES string of the molecule is CNc1ccc(S(=O)(=O)c2ccc(NC)c([N+](=O)[O-])c2)cc1[N+](=O)[O-]. The van der Waals surface area contributed by atoms with Crippen LogP contribution in [0.5, 0.6) is 0 Å². The van der Waals surface area contributed by atoms with Gasteiger partial charge in [0.15, 0.2) is 0 Å². The molecule has 0 fully saturated rings. The minimum Gasteiger partial charge on any atom is -0.383 e. The molecule has 2 rings (SSSR count). The fourth-order valence-electron chi connectivity index (χ4n) is 2.22. The van der Waals surface area contributed by atoms with Crippen LogP contribution in [0, 0.1) is 20.2 Å². The minimum atomic E-state index is -4.17. The second-order valence-electron chi connectivity index (χ2n) is 4.88. The van der Waals surface area contributed by atoms with Crippen LogP contribution in [0.15, 0.2) is 46.2 Å². The molecule has 132 valence electrons. The van der Waals surface area contributed by atoms with Gasteiger partial charge in [0.25, 0.3) is 11.4 Å². The second-order valence-corrected chi connectivity index (χ2v) is 6.83. The fraction of sp³-hybridized carbons (Fsp3) is 0.143.